The maximum absolute atomic E-state index is 8.83. The number of anilines is 2. The first-order chi connectivity index (χ1) is 13.3. The van der Waals surface area contributed by atoms with Crippen LogP contribution >= 0.6 is 11.3 Å². The summed E-state index contributed by atoms with van der Waals surface area (Å²) in [5.41, 5.74) is 3.72. The second kappa shape index (κ2) is 8.25. The molecule has 0 saturated carbocycles. The lowest BCUT2D eigenvalue weighted by Gasteiger charge is -2.32. The third kappa shape index (κ3) is 4.48. The molecular weight excluding hydrogens is 356 g/mol. The minimum absolute atomic E-state index is 0.414. The van der Waals surface area contributed by atoms with E-state index in [1.54, 1.807) is 23.6 Å². The van der Waals surface area contributed by atoms with Gasteiger partial charge in [0.25, 0.3) is 0 Å². The predicted molar refractivity (Wildman–Crippen MR) is 106 cm³/mol. The van der Waals surface area contributed by atoms with Gasteiger partial charge in [-0.3, -0.25) is 9.88 Å². The molecule has 0 spiro atoms. The molecule has 3 aromatic heterocycles. The van der Waals surface area contributed by atoms with Crippen molar-refractivity contribution in [3.8, 4) is 6.07 Å². The highest BCUT2D eigenvalue weighted by atomic mass is 32.1. The van der Waals surface area contributed by atoms with Gasteiger partial charge in [-0.25, -0.2) is 9.97 Å². The number of pyridine rings is 2. The fourth-order valence-electron chi connectivity index (χ4n) is 3.38. The highest BCUT2D eigenvalue weighted by Gasteiger charge is 2.23. The summed E-state index contributed by atoms with van der Waals surface area (Å²) in [6.07, 6.45) is 7.74. The molecule has 1 unspecified atom stereocenters. The van der Waals surface area contributed by atoms with Gasteiger partial charge in [0.1, 0.15) is 11.8 Å². The van der Waals surface area contributed by atoms with E-state index in [9.17, 15) is 0 Å². The number of hydrogen-bond acceptors (Lipinski definition) is 7. The predicted octanol–water partition coefficient (Wildman–Crippen LogP) is 3.93. The molecule has 0 aliphatic carbocycles. The van der Waals surface area contributed by atoms with Crippen LogP contribution in [-0.4, -0.2) is 32.9 Å². The molecule has 1 aliphatic heterocycles. The van der Waals surface area contributed by atoms with Crippen LogP contribution in [0.4, 0.5) is 10.8 Å². The number of piperidine rings is 1. The number of thiazole rings is 1. The molecule has 3 aromatic rings. The molecule has 1 saturated heterocycles. The highest BCUT2D eigenvalue weighted by Crippen LogP contribution is 2.31. The number of nitriles is 1. The van der Waals surface area contributed by atoms with E-state index >= 15 is 0 Å². The van der Waals surface area contributed by atoms with Crippen LogP contribution < -0.4 is 5.32 Å². The van der Waals surface area contributed by atoms with Gasteiger partial charge in [-0.2, -0.15) is 5.26 Å². The summed E-state index contributed by atoms with van der Waals surface area (Å²) < 4.78 is 0. The lowest BCUT2D eigenvalue weighted by molar-refractivity contribution is 0.199. The van der Waals surface area contributed by atoms with E-state index in [0.29, 0.717) is 11.6 Å². The monoisotopic (exact) mass is 376 g/mol. The van der Waals surface area contributed by atoms with Gasteiger partial charge >= 0.3 is 0 Å². The number of aromatic nitrogens is 3. The molecule has 0 radical (unpaired) electrons. The van der Waals surface area contributed by atoms with Crippen LogP contribution in [0.2, 0.25) is 0 Å². The molecule has 0 aromatic carbocycles. The van der Waals surface area contributed by atoms with Crippen molar-refractivity contribution in [2.75, 3.05) is 18.4 Å². The Hall–Kier alpha value is -2.82. The van der Waals surface area contributed by atoms with Crippen LogP contribution in [0.15, 0.2) is 48.2 Å². The first-order valence-corrected chi connectivity index (χ1v) is 9.88. The molecule has 4 rings (SSSR count). The van der Waals surface area contributed by atoms with E-state index in [4.69, 9.17) is 10.2 Å². The molecule has 27 heavy (non-hydrogen) atoms. The Morgan fingerprint density at radius 2 is 2.15 bits per heavy atom. The molecule has 1 atom stereocenters. The molecule has 1 fully saturated rings. The fraction of sp³-hybridized carbons (Fsp3) is 0.300. The van der Waals surface area contributed by atoms with Crippen molar-refractivity contribution >= 4 is 22.2 Å². The summed E-state index contributed by atoms with van der Waals surface area (Å²) in [5, 5.41) is 15.1. The maximum atomic E-state index is 8.83. The molecule has 136 valence electrons. The lowest BCUT2D eigenvalue weighted by Crippen LogP contribution is -2.34. The third-order valence-corrected chi connectivity index (χ3v) is 5.51. The Kier molecular flexibility index (Phi) is 5.37. The summed E-state index contributed by atoms with van der Waals surface area (Å²) in [5.74, 6) is 0.464. The van der Waals surface area contributed by atoms with Crippen molar-refractivity contribution in [3.63, 3.8) is 0 Å². The Bertz CT molecular complexity index is 916. The van der Waals surface area contributed by atoms with Crippen LogP contribution in [0.5, 0.6) is 0 Å². The number of nitrogens with one attached hydrogen (secondary N) is 1. The minimum Gasteiger partial charge on any atom is -0.330 e. The first kappa shape index (κ1) is 17.6. The van der Waals surface area contributed by atoms with E-state index in [2.05, 4.69) is 37.7 Å². The molecule has 1 N–H and O–H groups in total. The zero-order valence-electron chi connectivity index (χ0n) is 14.9. The molecule has 0 amide bonds. The topological polar surface area (TPSA) is 77.7 Å². The summed E-state index contributed by atoms with van der Waals surface area (Å²) in [7, 11) is 0. The summed E-state index contributed by atoms with van der Waals surface area (Å²) in [6.45, 7) is 3.13. The molecule has 4 heterocycles. The Balaban J connectivity index is 1.39. The Morgan fingerprint density at radius 3 is 2.93 bits per heavy atom. The second-order valence-electron chi connectivity index (χ2n) is 6.68. The van der Waals surface area contributed by atoms with Gasteiger partial charge in [0.15, 0.2) is 5.13 Å². The van der Waals surface area contributed by atoms with Gasteiger partial charge in [-0.1, -0.05) is 0 Å². The summed E-state index contributed by atoms with van der Waals surface area (Å²) >= 11 is 1.61. The standard InChI is InChI=1S/C20H20N6S/c21-10-17-3-4-18(11-23-17)24-20-25-19(14-27-20)16-2-1-9-26(13-16)12-15-5-7-22-8-6-15/h3-8,11,14,16H,1-2,9,12-13H2,(H,24,25). The van der Waals surface area contributed by atoms with E-state index in [1.807, 2.05) is 24.5 Å². The van der Waals surface area contributed by atoms with Crippen LogP contribution in [0.3, 0.4) is 0 Å². The molecule has 0 bridgehead atoms. The number of rotatable bonds is 5. The van der Waals surface area contributed by atoms with Crippen molar-refractivity contribution in [3.05, 3.63) is 65.2 Å². The van der Waals surface area contributed by atoms with Crippen LogP contribution in [-0.2, 0) is 6.54 Å². The van der Waals surface area contributed by atoms with Gasteiger partial charge in [-0.15, -0.1) is 11.3 Å². The van der Waals surface area contributed by atoms with E-state index in [0.717, 1.165) is 36.1 Å². The first-order valence-electron chi connectivity index (χ1n) is 9.00. The van der Waals surface area contributed by atoms with Crippen LogP contribution in [0, 0.1) is 11.3 Å². The van der Waals surface area contributed by atoms with Crippen molar-refractivity contribution in [2.45, 2.75) is 25.3 Å². The molecule has 1 aliphatic rings. The molecule has 6 nitrogen and oxygen atoms in total. The average Bonchev–Trinajstić information content (AvgIpc) is 3.18. The zero-order chi connectivity index (χ0) is 18.5. The van der Waals surface area contributed by atoms with Crippen LogP contribution in [0.25, 0.3) is 0 Å². The third-order valence-electron chi connectivity index (χ3n) is 4.73. The van der Waals surface area contributed by atoms with Crippen molar-refractivity contribution in [1.29, 1.82) is 5.26 Å². The Labute approximate surface area is 162 Å². The highest BCUT2D eigenvalue weighted by molar-refractivity contribution is 7.13. The number of nitrogens with zero attached hydrogens (tertiary/aromatic N) is 5. The molecular formula is C20H20N6S. The van der Waals surface area contributed by atoms with Gasteiger partial charge in [0.05, 0.1) is 17.6 Å². The molecule has 7 heteroatoms. The van der Waals surface area contributed by atoms with E-state index in [-0.39, 0.29) is 0 Å². The van der Waals surface area contributed by atoms with Crippen LogP contribution in [0.1, 0.15) is 35.7 Å². The average molecular weight is 376 g/mol. The number of likely N-dealkylation sites (tertiary alicyclic amines) is 1. The van der Waals surface area contributed by atoms with Gasteiger partial charge < -0.3 is 5.32 Å². The number of hydrogen-bond donors (Lipinski definition) is 1. The second-order valence-corrected chi connectivity index (χ2v) is 7.53. The Morgan fingerprint density at radius 1 is 1.26 bits per heavy atom. The lowest BCUT2D eigenvalue weighted by atomic mass is 9.95. The fourth-order valence-corrected chi connectivity index (χ4v) is 4.19. The zero-order valence-corrected chi connectivity index (χ0v) is 15.7. The maximum Gasteiger partial charge on any atom is 0.187 e. The van der Waals surface area contributed by atoms with Gasteiger partial charge in [0, 0.05) is 36.8 Å². The van der Waals surface area contributed by atoms with Crippen molar-refractivity contribution < 1.29 is 0 Å². The largest absolute Gasteiger partial charge is 0.330 e. The van der Waals surface area contributed by atoms with E-state index < -0.39 is 0 Å². The normalized spacial score (nSPS) is 17.4. The quantitative estimate of drug-likeness (QED) is 0.727. The van der Waals surface area contributed by atoms with Crippen molar-refractivity contribution in [1.82, 2.24) is 19.9 Å². The van der Waals surface area contributed by atoms with Crippen molar-refractivity contribution in [2.24, 2.45) is 0 Å². The summed E-state index contributed by atoms with van der Waals surface area (Å²) in [4.78, 5) is 15.5. The van der Waals surface area contributed by atoms with Gasteiger partial charge in [0.2, 0.25) is 0 Å². The summed E-state index contributed by atoms with van der Waals surface area (Å²) in [6, 6.07) is 9.75. The van der Waals surface area contributed by atoms with Gasteiger partial charge in [-0.05, 0) is 49.2 Å². The minimum atomic E-state index is 0.414. The van der Waals surface area contributed by atoms with E-state index in [1.165, 1.54) is 18.4 Å². The SMILES string of the molecule is N#Cc1ccc(Nc2nc(C3CCCN(Cc4ccncc4)C3)cs2)cn1. The smallest absolute Gasteiger partial charge is 0.187 e.